The first-order chi connectivity index (χ1) is 22.0. The summed E-state index contributed by atoms with van der Waals surface area (Å²) in [6.07, 6.45) is 0.981. The second-order valence-electron chi connectivity index (χ2n) is 10.9. The first kappa shape index (κ1) is 32.6. The van der Waals surface area contributed by atoms with Crippen molar-refractivity contribution in [3.05, 3.63) is 131 Å². The number of para-hydroxylation sites is 1. The van der Waals surface area contributed by atoms with Gasteiger partial charge in [-0.25, -0.2) is 4.79 Å². The predicted octanol–water partition coefficient (Wildman–Crippen LogP) is 6.92. The summed E-state index contributed by atoms with van der Waals surface area (Å²) in [6.45, 7) is 1.58. The second-order valence-corrected chi connectivity index (χ2v) is 12.4. The molecule has 5 rings (SSSR count). The van der Waals surface area contributed by atoms with Crippen molar-refractivity contribution in [1.82, 2.24) is 10.6 Å². The Kier molecular flexibility index (Phi) is 11.9. The maximum Gasteiger partial charge on any atom is 0.407 e. The summed E-state index contributed by atoms with van der Waals surface area (Å²) >= 11 is 7.78. The summed E-state index contributed by atoms with van der Waals surface area (Å²) in [5.74, 6) is 0.0690. The molecule has 1 aliphatic rings. The van der Waals surface area contributed by atoms with Crippen LogP contribution >= 0.6 is 23.4 Å². The molecule has 1 heterocycles. The van der Waals surface area contributed by atoms with E-state index in [2.05, 4.69) is 16.0 Å². The van der Waals surface area contributed by atoms with Gasteiger partial charge in [-0.1, -0.05) is 90.5 Å². The third-order valence-corrected chi connectivity index (χ3v) is 9.18. The molecule has 0 aliphatic carbocycles. The minimum Gasteiger partial charge on any atom is -0.453 e. The molecule has 1 aliphatic heterocycles. The molecule has 1 fully saturated rings. The Morgan fingerprint density at radius 3 is 2.18 bits per heavy atom. The fraction of sp³-hybridized carbons (Fsp3) is 0.278. The molecule has 0 bridgehead atoms. The molecule has 3 atom stereocenters. The van der Waals surface area contributed by atoms with Gasteiger partial charge in [-0.05, 0) is 59.9 Å². The van der Waals surface area contributed by atoms with Gasteiger partial charge >= 0.3 is 6.09 Å². The van der Waals surface area contributed by atoms with E-state index < -0.39 is 18.1 Å². The Bertz CT molecular complexity index is 1490. The highest BCUT2D eigenvalue weighted by Crippen LogP contribution is 2.30. The van der Waals surface area contributed by atoms with Gasteiger partial charge in [0.25, 0.3) is 0 Å². The van der Waals surface area contributed by atoms with Crippen molar-refractivity contribution in [2.45, 2.75) is 41.9 Å². The molecule has 0 aromatic heterocycles. The molecule has 0 saturated carbocycles. The average molecular weight is 644 g/mol. The number of carbonyl (C=O) groups is 2. The fourth-order valence-corrected chi connectivity index (χ4v) is 6.56. The Balaban J connectivity index is 1.27. The summed E-state index contributed by atoms with van der Waals surface area (Å²) in [7, 11) is 1.29. The van der Waals surface area contributed by atoms with Crippen LogP contribution in [0.5, 0.6) is 0 Å². The van der Waals surface area contributed by atoms with Crippen molar-refractivity contribution in [3.8, 4) is 0 Å². The highest BCUT2D eigenvalue weighted by atomic mass is 35.5. The highest BCUT2D eigenvalue weighted by molar-refractivity contribution is 7.99. The number of carbonyl (C=O) groups excluding carboxylic acids is 2. The van der Waals surface area contributed by atoms with Gasteiger partial charge < -0.3 is 25.4 Å². The van der Waals surface area contributed by atoms with Crippen LogP contribution < -0.4 is 16.0 Å². The van der Waals surface area contributed by atoms with E-state index >= 15 is 0 Å². The van der Waals surface area contributed by atoms with Gasteiger partial charge in [0.1, 0.15) is 6.04 Å². The quantitative estimate of drug-likeness (QED) is 0.145. The Morgan fingerprint density at radius 2 is 1.51 bits per heavy atom. The lowest BCUT2D eigenvalue weighted by molar-refractivity contribution is -0.118. The van der Waals surface area contributed by atoms with Crippen LogP contribution in [0.3, 0.4) is 0 Å². The summed E-state index contributed by atoms with van der Waals surface area (Å²) < 4.78 is 11.4. The number of anilines is 1. The number of aryl methyl sites for hydroxylation is 1. The van der Waals surface area contributed by atoms with Gasteiger partial charge in [-0.15, -0.1) is 11.8 Å². The molecular formula is C36H38ClN3O4S. The van der Waals surface area contributed by atoms with Crippen LogP contribution in [0.2, 0.25) is 5.02 Å². The number of methoxy groups -OCH3 is 1. The lowest BCUT2D eigenvalue weighted by atomic mass is 9.84. The van der Waals surface area contributed by atoms with Gasteiger partial charge in [0, 0.05) is 40.4 Å². The molecule has 45 heavy (non-hydrogen) atoms. The molecule has 9 heteroatoms. The second kappa shape index (κ2) is 16.5. The zero-order chi connectivity index (χ0) is 31.4. The maximum atomic E-state index is 14.0. The molecule has 4 aromatic carbocycles. The zero-order valence-electron chi connectivity index (χ0n) is 25.2. The first-order valence-electron chi connectivity index (χ1n) is 15.1. The van der Waals surface area contributed by atoms with E-state index in [1.54, 1.807) is 11.8 Å². The number of benzene rings is 4. The van der Waals surface area contributed by atoms with Gasteiger partial charge in [0.15, 0.2) is 0 Å². The van der Waals surface area contributed by atoms with Gasteiger partial charge in [-0.2, -0.15) is 0 Å². The number of hydrogen-bond donors (Lipinski definition) is 3. The lowest BCUT2D eigenvalue weighted by Crippen LogP contribution is -2.48. The molecular weight excluding hydrogens is 606 g/mol. The van der Waals surface area contributed by atoms with Crippen LogP contribution in [0.15, 0.2) is 114 Å². The van der Waals surface area contributed by atoms with E-state index in [9.17, 15) is 9.59 Å². The largest absolute Gasteiger partial charge is 0.453 e. The van der Waals surface area contributed by atoms with Crippen LogP contribution in [-0.4, -0.2) is 56.2 Å². The smallest absolute Gasteiger partial charge is 0.407 e. The molecule has 3 N–H and O–H groups in total. The molecule has 7 nitrogen and oxygen atoms in total. The van der Waals surface area contributed by atoms with E-state index in [-0.39, 0.29) is 18.1 Å². The molecule has 0 spiro atoms. The molecule has 234 valence electrons. The number of ether oxygens (including phenoxy) is 2. The molecule has 0 radical (unpaired) electrons. The monoisotopic (exact) mass is 643 g/mol. The van der Waals surface area contributed by atoms with E-state index in [0.717, 1.165) is 58.3 Å². The Hall–Kier alpha value is -3.82. The third-order valence-electron chi connectivity index (χ3n) is 7.78. The number of nitrogens with one attached hydrogen (secondary N) is 3. The number of rotatable bonds is 12. The summed E-state index contributed by atoms with van der Waals surface area (Å²) in [5, 5.41) is 10.2. The van der Waals surface area contributed by atoms with Crippen molar-refractivity contribution < 1.29 is 19.1 Å². The first-order valence-corrected chi connectivity index (χ1v) is 16.4. The van der Waals surface area contributed by atoms with Crippen LogP contribution in [0.1, 0.15) is 29.0 Å². The van der Waals surface area contributed by atoms with Crippen LogP contribution in [0, 0.1) is 0 Å². The molecule has 1 saturated heterocycles. The molecule has 1 unspecified atom stereocenters. The number of thioether (sulfide) groups is 1. The van der Waals surface area contributed by atoms with Gasteiger partial charge in [-0.3, -0.25) is 4.79 Å². The number of morpholine rings is 1. The minimum absolute atomic E-state index is 0.0487. The predicted molar refractivity (Wildman–Crippen MR) is 181 cm³/mol. The van der Waals surface area contributed by atoms with Crippen molar-refractivity contribution in [3.63, 3.8) is 0 Å². The van der Waals surface area contributed by atoms with Gasteiger partial charge in [0.2, 0.25) is 5.91 Å². The average Bonchev–Trinajstić information content (AvgIpc) is 3.08. The number of amides is 2. The van der Waals surface area contributed by atoms with Crippen molar-refractivity contribution in [2.75, 3.05) is 31.3 Å². The number of alkyl carbamates (subject to hydrolysis) is 1. The normalized spacial score (nSPS) is 17.0. The topological polar surface area (TPSA) is 88.7 Å². The van der Waals surface area contributed by atoms with E-state index in [4.69, 9.17) is 21.1 Å². The van der Waals surface area contributed by atoms with Crippen molar-refractivity contribution >= 4 is 41.1 Å². The number of halogens is 1. The van der Waals surface area contributed by atoms with E-state index in [0.29, 0.717) is 5.69 Å². The summed E-state index contributed by atoms with van der Waals surface area (Å²) in [5.41, 5.74) is 3.51. The van der Waals surface area contributed by atoms with Gasteiger partial charge in [0.05, 0.1) is 19.3 Å². The number of hydrogen-bond acceptors (Lipinski definition) is 6. The van der Waals surface area contributed by atoms with Crippen molar-refractivity contribution in [2.24, 2.45) is 0 Å². The SMILES string of the molecule is COC(=O)N[C@H](C(=O)Nc1ccccc1CCC1CNC[C@@H](CSc2ccc(Cl)cc2)O1)C(c1ccccc1)c1ccccc1. The minimum atomic E-state index is -0.930. The Labute approximate surface area is 274 Å². The highest BCUT2D eigenvalue weighted by Gasteiger charge is 2.33. The van der Waals surface area contributed by atoms with Crippen LogP contribution in [-0.2, 0) is 20.7 Å². The summed E-state index contributed by atoms with van der Waals surface area (Å²) in [6, 6.07) is 34.1. The lowest BCUT2D eigenvalue weighted by Gasteiger charge is -2.31. The van der Waals surface area contributed by atoms with Crippen molar-refractivity contribution in [1.29, 1.82) is 0 Å². The Morgan fingerprint density at radius 1 is 0.889 bits per heavy atom. The van der Waals surface area contributed by atoms with Crippen LogP contribution in [0.4, 0.5) is 10.5 Å². The third kappa shape index (κ3) is 9.34. The maximum absolute atomic E-state index is 14.0. The van der Waals surface area contributed by atoms with E-state index in [1.807, 2.05) is 109 Å². The molecule has 2 amide bonds. The van der Waals surface area contributed by atoms with E-state index in [1.165, 1.54) is 7.11 Å². The van der Waals surface area contributed by atoms with Crippen LogP contribution in [0.25, 0.3) is 0 Å². The zero-order valence-corrected chi connectivity index (χ0v) is 26.7. The fourth-order valence-electron chi connectivity index (χ4n) is 5.53. The molecule has 4 aromatic rings. The summed E-state index contributed by atoms with van der Waals surface area (Å²) in [4.78, 5) is 27.7. The standard InChI is InChI=1S/C36H38ClN3O4S/c1-43-36(42)40-34(33(26-11-4-2-5-12-26)27-13-6-3-7-14-27)35(41)39-32-15-9-8-10-25(32)16-19-29-22-38-23-30(44-29)24-45-31-20-17-28(37)18-21-31/h2-15,17-18,20-21,29-30,33-34,38H,16,19,22-24H2,1H3,(H,39,41)(H,40,42)/t29?,30-,34-/m0/s1.